The number of nitrogens with zero attached hydrogens (tertiary/aromatic N) is 1. The van der Waals surface area contributed by atoms with Crippen molar-refractivity contribution in [2.24, 2.45) is 11.0 Å². The second-order valence-corrected chi connectivity index (χ2v) is 10.4. The van der Waals surface area contributed by atoms with Crippen LogP contribution in [0.3, 0.4) is 0 Å². The Kier molecular flexibility index (Phi) is 6.87. The van der Waals surface area contributed by atoms with E-state index in [0.29, 0.717) is 30.5 Å². The van der Waals surface area contributed by atoms with E-state index in [1.54, 1.807) is 12.1 Å². The summed E-state index contributed by atoms with van der Waals surface area (Å²) in [6.07, 6.45) is 3.81. The Balaban J connectivity index is 1.70. The van der Waals surface area contributed by atoms with Crippen LogP contribution >= 0.6 is 0 Å². The molecule has 174 valence electrons. The van der Waals surface area contributed by atoms with E-state index in [0.717, 1.165) is 19.1 Å². The Hall–Kier alpha value is -2.95. The molecule has 3 N–H and O–H groups in total. The number of sulfone groups is 1. The van der Waals surface area contributed by atoms with E-state index in [1.165, 1.54) is 19.2 Å². The molecule has 3 amide bonds. The van der Waals surface area contributed by atoms with Gasteiger partial charge >= 0.3 is 17.9 Å². The first-order valence-electron chi connectivity index (χ1n) is 10.4. The molecule has 0 unspecified atom stereocenters. The van der Waals surface area contributed by atoms with Gasteiger partial charge in [-0.05, 0) is 57.1 Å². The summed E-state index contributed by atoms with van der Waals surface area (Å²) in [7, 11) is -1.92. The summed E-state index contributed by atoms with van der Waals surface area (Å²) < 4.78 is 29.2. The molecule has 1 spiro atoms. The summed E-state index contributed by atoms with van der Waals surface area (Å²) in [5, 5.41) is 9.23. The van der Waals surface area contributed by atoms with Crippen molar-refractivity contribution < 1.29 is 27.5 Å². The van der Waals surface area contributed by atoms with Crippen molar-refractivity contribution in [3.63, 3.8) is 0 Å². The SMILES string of the molecule is CNC(=O)C(=O)N[C@@H](C)CC1CCC2(CC1)OC(=O)NN=C2c1ccc(S(C)(=O)=O)cc1. The Labute approximate surface area is 187 Å². The molecule has 2 aliphatic rings. The lowest BCUT2D eigenvalue weighted by Crippen LogP contribution is -2.52. The fraction of sp³-hybridized carbons (Fsp3) is 0.524. The molecule has 10 nitrogen and oxygen atoms in total. The van der Waals surface area contributed by atoms with E-state index >= 15 is 0 Å². The quantitative estimate of drug-likeness (QED) is 0.557. The molecule has 32 heavy (non-hydrogen) atoms. The van der Waals surface area contributed by atoms with Crippen molar-refractivity contribution in [2.45, 2.75) is 55.6 Å². The Morgan fingerprint density at radius 1 is 1.22 bits per heavy atom. The van der Waals surface area contributed by atoms with Crippen LogP contribution in [0.5, 0.6) is 0 Å². The summed E-state index contributed by atoms with van der Waals surface area (Å²) in [4.78, 5) is 35.3. The van der Waals surface area contributed by atoms with Crippen LogP contribution in [0, 0.1) is 5.92 Å². The van der Waals surface area contributed by atoms with Crippen molar-refractivity contribution in [1.29, 1.82) is 0 Å². The van der Waals surface area contributed by atoms with Gasteiger partial charge in [0.15, 0.2) is 15.4 Å². The third-order valence-corrected chi connectivity index (χ3v) is 7.07. The normalized spacial score (nSPS) is 24.0. The van der Waals surface area contributed by atoms with Crippen molar-refractivity contribution in [1.82, 2.24) is 16.1 Å². The maximum atomic E-state index is 12.0. The predicted octanol–water partition coefficient (Wildman–Crippen LogP) is 1.10. The molecule has 1 saturated carbocycles. The molecule has 0 radical (unpaired) electrons. The first kappa shape index (κ1) is 23.7. The Morgan fingerprint density at radius 2 is 1.84 bits per heavy atom. The van der Waals surface area contributed by atoms with Crippen molar-refractivity contribution in [3.05, 3.63) is 29.8 Å². The average molecular weight is 465 g/mol. The number of nitrogens with one attached hydrogen (secondary N) is 3. The number of benzene rings is 1. The van der Waals surface area contributed by atoms with Crippen molar-refractivity contribution >= 4 is 33.5 Å². The van der Waals surface area contributed by atoms with Crippen molar-refractivity contribution in [2.75, 3.05) is 13.3 Å². The van der Waals surface area contributed by atoms with E-state index in [9.17, 15) is 22.8 Å². The fourth-order valence-corrected chi connectivity index (χ4v) is 4.95. The van der Waals surface area contributed by atoms with Gasteiger partial charge in [0, 0.05) is 24.9 Å². The van der Waals surface area contributed by atoms with Crippen LogP contribution in [-0.4, -0.2) is 57.0 Å². The number of carbonyl (C=O) groups excluding carboxylic acids is 3. The van der Waals surface area contributed by atoms with Crippen molar-refractivity contribution in [3.8, 4) is 0 Å². The van der Waals surface area contributed by atoms with Crippen LogP contribution in [0.2, 0.25) is 0 Å². The van der Waals surface area contributed by atoms with Gasteiger partial charge in [-0.25, -0.2) is 18.6 Å². The number of amides is 3. The summed E-state index contributed by atoms with van der Waals surface area (Å²) in [6.45, 7) is 1.85. The van der Waals surface area contributed by atoms with E-state index < -0.39 is 33.3 Å². The molecule has 1 aromatic carbocycles. The monoisotopic (exact) mass is 464 g/mol. The van der Waals surface area contributed by atoms with Crippen LogP contribution in [0.4, 0.5) is 4.79 Å². The highest BCUT2D eigenvalue weighted by Crippen LogP contribution is 2.40. The third-order valence-electron chi connectivity index (χ3n) is 5.95. The van der Waals surface area contributed by atoms with E-state index in [1.807, 2.05) is 6.92 Å². The number of ether oxygens (including phenoxy) is 1. The predicted molar refractivity (Wildman–Crippen MR) is 117 cm³/mol. The summed E-state index contributed by atoms with van der Waals surface area (Å²) in [6, 6.07) is 6.19. The summed E-state index contributed by atoms with van der Waals surface area (Å²) >= 11 is 0. The van der Waals surface area contributed by atoms with Gasteiger partial charge in [-0.2, -0.15) is 5.10 Å². The van der Waals surface area contributed by atoms with Gasteiger partial charge in [0.25, 0.3) is 0 Å². The third kappa shape index (κ3) is 5.26. The minimum atomic E-state index is -3.32. The Bertz CT molecular complexity index is 1030. The number of carbonyl (C=O) groups is 3. The smallest absolute Gasteiger partial charge is 0.428 e. The average Bonchev–Trinajstić information content (AvgIpc) is 2.74. The maximum Gasteiger partial charge on any atom is 0.428 e. The first-order valence-corrected chi connectivity index (χ1v) is 12.3. The van der Waals surface area contributed by atoms with Gasteiger partial charge < -0.3 is 15.4 Å². The van der Waals surface area contributed by atoms with Gasteiger partial charge in [-0.1, -0.05) is 12.1 Å². The van der Waals surface area contributed by atoms with Gasteiger partial charge in [0.05, 0.1) is 4.90 Å². The number of hydrogen-bond acceptors (Lipinski definition) is 7. The largest absolute Gasteiger partial charge is 0.435 e. The summed E-state index contributed by atoms with van der Waals surface area (Å²) in [5.41, 5.74) is 2.71. The molecule has 1 atom stereocenters. The lowest BCUT2D eigenvalue weighted by Gasteiger charge is -2.42. The molecule has 11 heteroatoms. The van der Waals surface area contributed by atoms with Crippen LogP contribution in [0.25, 0.3) is 0 Å². The summed E-state index contributed by atoms with van der Waals surface area (Å²) in [5.74, 6) is -1.06. The second-order valence-electron chi connectivity index (χ2n) is 8.39. The fourth-order valence-electron chi connectivity index (χ4n) is 4.32. The highest BCUT2D eigenvalue weighted by molar-refractivity contribution is 7.90. The van der Waals surface area contributed by atoms with Gasteiger partial charge in [-0.3, -0.25) is 9.59 Å². The van der Waals surface area contributed by atoms with Crippen LogP contribution in [0.15, 0.2) is 34.3 Å². The molecule has 0 saturated heterocycles. The van der Waals surface area contributed by atoms with Gasteiger partial charge in [0.2, 0.25) is 0 Å². The number of likely N-dealkylation sites (N-methyl/N-ethyl adjacent to an activating group) is 1. The zero-order valence-corrected chi connectivity index (χ0v) is 19.1. The topological polar surface area (TPSA) is 143 Å². The second kappa shape index (κ2) is 9.27. The van der Waals surface area contributed by atoms with Gasteiger partial charge in [-0.15, -0.1) is 0 Å². The number of hydrogen-bond donors (Lipinski definition) is 3. The zero-order valence-electron chi connectivity index (χ0n) is 18.3. The molecule has 1 aromatic rings. The van der Waals surface area contributed by atoms with Crippen LogP contribution < -0.4 is 16.1 Å². The molecule has 1 aliphatic carbocycles. The molecule has 1 aliphatic heterocycles. The highest BCUT2D eigenvalue weighted by Gasteiger charge is 2.46. The van der Waals surface area contributed by atoms with E-state index in [2.05, 4.69) is 21.2 Å². The standard InChI is InChI=1S/C21H28N4O6S/c1-13(23-19(27)18(26)22-2)12-14-8-10-21(11-9-14)17(24-25-20(28)31-21)15-4-6-16(7-5-15)32(3,29)30/h4-7,13-14H,8-12H2,1-3H3,(H,22,26)(H,23,27)(H,25,28)/t13-,14?,21?/m0/s1. The molecule has 0 bridgehead atoms. The van der Waals surface area contributed by atoms with E-state index in [4.69, 9.17) is 4.74 Å². The van der Waals surface area contributed by atoms with E-state index in [-0.39, 0.29) is 16.9 Å². The highest BCUT2D eigenvalue weighted by atomic mass is 32.2. The molecular formula is C21H28N4O6S. The van der Waals surface area contributed by atoms with Crippen LogP contribution in [-0.2, 0) is 24.2 Å². The maximum absolute atomic E-state index is 12.0. The Morgan fingerprint density at radius 3 is 2.41 bits per heavy atom. The molecule has 3 rings (SSSR count). The molecule has 1 fully saturated rings. The first-order chi connectivity index (χ1) is 15.0. The minimum Gasteiger partial charge on any atom is -0.435 e. The molecular weight excluding hydrogens is 436 g/mol. The molecule has 0 aromatic heterocycles. The number of hydrazone groups is 1. The van der Waals surface area contributed by atoms with Crippen LogP contribution in [0.1, 0.15) is 44.6 Å². The van der Waals surface area contributed by atoms with Gasteiger partial charge in [0.1, 0.15) is 5.71 Å². The minimum absolute atomic E-state index is 0.175. The zero-order chi connectivity index (χ0) is 23.5. The lowest BCUT2D eigenvalue weighted by atomic mass is 9.73. The molecule has 1 heterocycles. The number of rotatable bonds is 5. The lowest BCUT2D eigenvalue weighted by molar-refractivity contribution is -0.139.